The van der Waals surface area contributed by atoms with Crippen molar-refractivity contribution >= 4 is 38.4 Å². The molecule has 21 heavy (non-hydrogen) atoms. The van der Waals surface area contributed by atoms with Crippen molar-refractivity contribution in [2.24, 2.45) is 5.92 Å². The molecule has 1 saturated heterocycles. The van der Waals surface area contributed by atoms with E-state index < -0.39 is 10.0 Å². The Kier molecular flexibility index (Phi) is 7.64. The molecule has 1 heterocycles. The number of nitrogens with one attached hydrogen (secondary N) is 2. The Balaban J connectivity index is 0.00000220. The molecule has 0 amide bonds. The third kappa shape index (κ3) is 5.21. The summed E-state index contributed by atoms with van der Waals surface area (Å²) in [5, 5.41) is 3.35. The summed E-state index contributed by atoms with van der Waals surface area (Å²) in [6.45, 7) is 4.39. The van der Waals surface area contributed by atoms with E-state index in [0.29, 0.717) is 17.4 Å². The first-order valence-electron chi connectivity index (χ1n) is 6.96. The van der Waals surface area contributed by atoms with Crippen molar-refractivity contribution in [3.05, 3.63) is 28.2 Å². The third-order valence-corrected chi connectivity index (χ3v) is 6.22. The highest BCUT2D eigenvalue weighted by Crippen LogP contribution is 2.23. The lowest BCUT2D eigenvalue weighted by Gasteiger charge is -2.22. The third-order valence-electron chi connectivity index (χ3n) is 3.75. The van der Waals surface area contributed by atoms with Gasteiger partial charge in [-0.1, -0.05) is 22.0 Å². The van der Waals surface area contributed by atoms with Crippen LogP contribution in [0.25, 0.3) is 0 Å². The Morgan fingerprint density at radius 1 is 1.43 bits per heavy atom. The molecular formula is C14H22BrClN2O2S. The van der Waals surface area contributed by atoms with Gasteiger partial charge in [-0.25, -0.2) is 13.1 Å². The van der Waals surface area contributed by atoms with E-state index in [2.05, 4.69) is 26.0 Å². The normalized spacial score (nSPS) is 19.0. The minimum atomic E-state index is -3.41. The van der Waals surface area contributed by atoms with Gasteiger partial charge in [-0.15, -0.1) is 12.4 Å². The molecule has 0 radical (unpaired) electrons. The van der Waals surface area contributed by atoms with Crippen LogP contribution in [0.5, 0.6) is 0 Å². The van der Waals surface area contributed by atoms with Gasteiger partial charge in [-0.3, -0.25) is 0 Å². The van der Waals surface area contributed by atoms with Crippen molar-refractivity contribution in [3.63, 3.8) is 0 Å². The summed E-state index contributed by atoms with van der Waals surface area (Å²) in [6.07, 6.45) is 3.26. The van der Waals surface area contributed by atoms with Crippen LogP contribution in [0.15, 0.2) is 27.6 Å². The number of halogens is 2. The monoisotopic (exact) mass is 396 g/mol. The Morgan fingerprint density at radius 2 is 2.19 bits per heavy atom. The van der Waals surface area contributed by atoms with Crippen LogP contribution in [0.2, 0.25) is 0 Å². The minimum absolute atomic E-state index is 0. The SMILES string of the molecule is Cc1c(Br)cccc1S(=O)(=O)NCCC1CCCNC1.Cl. The van der Waals surface area contributed by atoms with Crippen molar-refractivity contribution in [1.29, 1.82) is 0 Å². The number of rotatable bonds is 5. The molecule has 1 aromatic rings. The predicted octanol–water partition coefficient (Wildman–Crippen LogP) is 2.85. The maximum absolute atomic E-state index is 12.3. The van der Waals surface area contributed by atoms with Crippen LogP contribution in [0.4, 0.5) is 0 Å². The zero-order valence-electron chi connectivity index (χ0n) is 12.1. The fourth-order valence-electron chi connectivity index (χ4n) is 2.52. The maximum atomic E-state index is 12.3. The summed E-state index contributed by atoms with van der Waals surface area (Å²) in [5.74, 6) is 0.579. The van der Waals surface area contributed by atoms with Gasteiger partial charge < -0.3 is 5.32 Å². The Labute approximate surface area is 141 Å². The average Bonchev–Trinajstić information content (AvgIpc) is 2.42. The van der Waals surface area contributed by atoms with Crippen LogP contribution in [-0.4, -0.2) is 28.1 Å². The summed E-state index contributed by atoms with van der Waals surface area (Å²) < 4.78 is 28.1. The first-order valence-corrected chi connectivity index (χ1v) is 9.24. The van der Waals surface area contributed by atoms with Crippen LogP contribution >= 0.6 is 28.3 Å². The summed E-state index contributed by atoms with van der Waals surface area (Å²) in [5.41, 5.74) is 0.749. The Bertz CT molecular complexity index is 560. The Hall–Kier alpha value is -0.140. The van der Waals surface area contributed by atoms with Crippen LogP contribution in [0.1, 0.15) is 24.8 Å². The van der Waals surface area contributed by atoms with Crippen LogP contribution < -0.4 is 10.0 Å². The molecule has 0 saturated carbocycles. The summed E-state index contributed by atoms with van der Waals surface area (Å²) in [6, 6.07) is 5.24. The van der Waals surface area contributed by atoms with E-state index in [1.807, 2.05) is 13.0 Å². The fraction of sp³-hybridized carbons (Fsp3) is 0.571. The first-order chi connectivity index (χ1) is 9.50. The number of benzene rings is 1. The van der Waals surface area contributed by atoms with Gasteiger partial charge in [-0.05, 0) is 62.9 Å². The predicted molar refractivity (Wildman–Crippen MR) is 91.5 cm³/mol. The number of hydrogen-bond donors (Lipinski definition) is 2. The summed E-state index contributed by atoms with van der Waals surface area (Å²) in [7, 11) is -3.41. The molecule has 1 fully saturated rings. The zero-order chi connectivity index (χ0) is 14.6. The van der Waals surface area contributed by atoms with E-state index >= 15 is 0 Å². The molecule has 1 atom stereocenters. The molecule has 2 N–H and O–H groups in total. The van der Waals surface area contributed by atoms with E-state index in [4.69, 9.17) is 0 Å². The second-order valence-electron chi connectivity index (χ2n) is 5.26. The molecule has 2 rings (SSSR count). The first kappa shape index (κ1) is 18.9. The molecule has 0 aliphatic carbocycles. The van der Waals surface area contributed by atoms with Gasteiger partial charge in [-0.2, -0.15) is 0 Å². The number of hydrogen-bond acceptors (Lipinski definition) is 3. The quantitative estimate of drug-likeness (QED) is 0.803. The maximum Gasteiger partial charge on any atom is 0.240 e. The minimum Gasteiger partial charge on any atom is -0.316 e. The second kappa shape index (κ2) is 8.48. The highest BCUT2D eigenvalue weighted by molar-refractivity contribution is 9.10. The lowest BCUT2D eigenvalue weighted by atomic mass is 9.96. The topological polar surface area (TPSA) is 58.2 Å². The van der Waals surface area contributed by atoms with E-state index in [1.165, 1.54) is 12.8 Å². The molecule has 1 unspecified atom stereocenters. The number of sulfonamides is 1. The largest absolute Gasteiger partial charge is 0.316 e. The number of piperidine rings is 1. The van der Waals surface area contributed by atoms with Crippen molar-refractivity contribution < 1.29 is 8.42 Å². The van der Waals surface area contributed by atoms with Gasteiger partial charge in [0, 0.05) is 11.0 Å². The highest BCUT2D eigenvalue weighted by atomic mass is 79.9. The van der Waals surface area contributed by atoms with Gasteiger partial charge in [0.2, 0.25) is 10.0 Å². The average molecular weight is 398 g/mol. The fourth-order valence-corrected chi connectivity index (χ4v) is 4.33. The van der Waals surface area contributed by atoms with Crippen molar-refractivity contribution in [2.75, 3.05) is 19.6 Å². The van der Waals surface area contributed by atoms with E-state index in [1.54, 1.807) is 12.1 Å². The highest BCUT2D eigenvalue weighted by Gasteiger charge is 2.19. The molecule has 0 aromatic heterocycles. The van der Waals surface area contributed by atoms with Gasteiger partial charge in [0.25, 0.3) is 0 Å². The van der Waals surface area contributed by atoms with Crippen molar-refractivity contribution in [3.8, 4) is 0 Å². The van der Waals surface area contributed by atoms with Gasteiger partial charge >= 0.3 is 0 Å². The lowest BCUT2D eigenvalue weighted by molar-refractivity contribution is 0.358. The second-order valence-corrected chi connectivity index (χ2v) is 7.85. The van der Waals surface area contributed by atoms with Crippen LogP contribution in [-0.2, 0) is 10.0 Å². The van der Waals surface area contributed by atoms with Crippen molar-refractivity contribution in [2.45, 2.75) is 31.1 Å². The van der Waals surface area contributed by atoms with Gasteiger partial charge in [0.15, 0.2) is 0 Å². The molecule has 0 bridgehead atoms. The molecule has 1 aromatic carbocycles. The molecule has 1 aliphatic heterocycles. The van der Waals surface area contributed by atoms with Gasteiger partial charge in [0.05, 0.1) is 4.90 Å². The smallest absolute Gasteiger partial charge is 0.240 e. The molecule has 0 spiro atoms. The van der Waals surface area contributed by atoms with Crippen LogP contribution in [0.3, 0.4) is 0 Å². The molecule has 120 valence electrons. The Morgan fingerprint density at radius 3 is 2.86 bits per heavy atom. The molecule has 1 aliphatic rings. The van der Waals surface area contributed by atoms with Crippen molar-refractivity contribution in [1.82, 2.24) is 10.0 Å². The van der Waals surface area contributed by atoms with Crippen LogP contribution in [0, 0.1) is 12.8 Å². The summed E-state index contributed by atoms with van der Waals surface area (Å²) >= 11 is 3.37. The molecular weight excluding hydrogens is 376 g/mol. The molecule has 4 nitrogen and oxygen atoms in total. The zero-order valence-corrected chi connectivity index (χ0v) is 15.3. The standard InChI is InChI=1S/C14H21BrN2O2S.ClH/c1-11-13(15)5-2-6-14(11)20(18,19)17-9-7-12-4-3-8-16-10-12;/h2,5-6,12,16-17H,3-4,7-10H2,1H3;1H. The molecule has 7 heteroatoms. The van der Waals surface area contributed by atoms with E-state index in [0.717, 1.165) is 29.5 Å². The van der Waals surface area contributed by atoms with Gasteiger partial charge in [0.1, 0.15) is 0 Å². The van der Waals surface area contributed by atoms with E-state index in [-0.39, 0.29) is 12.4 Å². The summed E-state index contributed by atoms with van der Waals surface area (Å²) in [4.78, 5) is 0.355. The lowest BCUT2D eigenvalue weighted by Crippen LogP contribution is -2.33. The van der Waals surface area contributed by atoms with E-state index in [9.17, 15) is 8.42 Å².